The maximum Gasteiger partial charge on any atom is 0.223 e. The summed E-state index contributed by atoms with van der Waals surface area (Å²) in [5.74, 6) is 0.420. The molecule has 1 aliphatic heterocycles. The maximum absolute atomic E-state index is 12.4. The van der Waals surface area contributed by atoms with Gasteiger partial charge in [-0.25, -0.2) is 0 Å². The summed E-state index contributed by atoms with van der Waals surface area (Å²) >= 11 is 0. The minimum Gasteiger partial charge on any atom is -0.384 e. The molecule has 0 aliphatic carbocycles. The number of rotatable bonds is 4. The van der Waals surface area contributed by atoms with Gasteiger partial charge in [-0.1, -0.05) is 24.3 Å². The van der Waals surface area contributed by atoms with Crippen molar-refractivity contribution in [2.75, 3.05) is 18.9 Å². The van der Waals surface area contributed by atoms with Gasteiger partial charge in [0.25, 0.3) is 0 Å². The molecule has 2 heterocycles. The lowest BCUT2D eigenvalue weighted by Crippen LogP contribution is -2.28. The van der Waals surface area contributed by atoms with Crippen LogP contribution in [0.4, 0.5) is 5.69 Å². The lowest BCUT2D eigenvalue weighted by Gasteiger charge is -2.19. The van der Waals surface area contributed by atoms with E-state index in [-0.39, 0.29) is 11.8 Å². The number of anilines is 1. The van der Waals surface area contributed by atoms with Crippen LogP contribution >= 0.6 is 0 Å². The largest absolute Gasteiger partial charge is 0.384 e. The number of hydrogen-bond acceptors (Lipinski definition) is 3. The second kappa shape index (κ2) is 5.95. The van der Waals surface area contributed by atoms with Gasteiger partial charge in [-0.05, 0) is 23.8 Å². The summed E-state index contributed by atoms with van der Waals surface area (Å²) in [6, 6.07) is 14.0. The van der Waals surface area contributed by atoms with Gasteiger partial charge < -0.3 is 10.2 Å². The predicted octanol–water partition coefficient (Wildman–Crippen LogP) is 2.64. The lowest BCUT2D eigenvalue weighted by molar-refractivity contribution is -0.130. The van der Waals surface area contributed by atoms with E-state index >= 15 is 0 Å². The predicted molar refractivity (Wildman–Crippen MR) is 83.0 cm³/mol. The molecule has 1 aliphatic rings. The molecule has 108 valence electrons. The van der Waals surface area contributed by atoms with Gasteiger partial charge in [-0.15, -0.1) is 0 Å². The Bertz CT molecular complexity index is 627. The number of aromatic nitrogens is 1. The zero-order valence-corrected chi connectivity index (χ0v) is 12.1. The number of pyridine rings is 1. The van der Waals surface area contributed by atoms with E-state index < -0.39 is 0 Å². The Morgan fingerprint density at radius 2 is 2.10 bits per heavy atom. The fourth-order valence-electron chi connectivity index (χ4n) is 2.73. The molecule has 1 N–H and O–H groups in total. The Labute approximate surface area is 124 Å². The van der Waals surface area contributed by atoms with Crippen molar-refractivity contribution in [3.05, 3.63) is 59.9 Å². The smallest absolute Gasteiger partial charge is 0.223 e. The SMILES string of the molecule is CN(Cc1ccccn1)C(=O)CC1CNc2ccccc21. The van der Waals surface area contributed by atoms with Gasteiger partial charge in [0.05, 0.1) is 12.2 Å². The van der Waals surface area contributed by atoms with E-state index in [1.807, 2.05) is 37.4 Å². The Morgan fingerprint density at radius 1 is 1.29 bits per heavy atom. The summed E-state index contributed by atoms with van der Waals surface area (Å²) in [6.45, 7) is 1.39. The summed E-state index contributed by atoms with van der Waals surface area (Å²) in [6.07, 6.45) is 2.29. The van der Waals surface area contributed by atoms with Gasteiger partial charge >= 0.3 is 0 Å². The second-order valence-corrected chi connectivity index (χ2v) is 5.44. The molecule has 2 aromatic rings. The fraction of sp³-hybridized carbons (Fsp3) is 0.294. The van der Waals surface area contributed by atoms with Crippen molar-refractivity contribution in [1.29, 1.82) is 0 Å². The van der Waals surface area contributed by atoms with E-state index in [0.29, 0.717) is 13.0 Å². The van der Waals surface area contributed by atoms with Gasteiger partial charge in [0.2, 0.25) is 5.91 Å². The standard InChI is InChI=1S/C17H19N3O/c1-20(12-14-6-4-5-9-18-14)17(21)10-13-11-19-16-8-3-2-7-15(13)16/h2-9,13,19H,10-12H2,1H3. The van der Waals surface area contributed by atoms with E-state index in [4.69, 9.17) is 0 Å². The van der Waals surface area contributed by atoms with Crippen LogP contribution < -0.4 is 5.32 Å². The summed E-state index contributed by atoms with van der Waals surface area (Å²) in [5.41, 5.74) is 3.32. The fourth-order valence-corrected chi connectivity index (χ4v) is 2.73. The summed E-state index contributed by atoms with van der Waals surface area (Å²) in [7, 11) is 1.84. The van der Waals surface area contributed by atoms with Crippen molar-refractivity contribution in [2.24, 2.45) is 0 Å². The van der Waals surface area contributed by atoms with E-state index in [1.54, 1.807) is 11.1 Å². The zero-order valence-electron chi connectivity index (χ0n) is 12.1. The number of benzene rings is 1. The molecule has 0 fully saturated rings. The van der Waals surface area contributed by atoms with Crippen LogP contribution in [-0.2, 0) is 11.3 Å². The number of nitrogens with zero attached hydrogens (tertiary/aromatic N) is 2. The third-order valence-electron chi connectivity index (χ3n) is 3.91. The van der Waals surface area contributed by atoms with Gasteiger partial charge in [0.15, 0.2) is 0 Å². The van der Waals surface area contributed by atoms with Crippen LogP contribution in [0.2, 0.25) is 0 Å². The first-order valence-electron chi connectivity index (χ1n) is 7.20. The van der Waals surface area contributed by atoms with Crippen LogP contribution in [0.25, 0.3) is 0 Å². The maximum atomic E-state index is 12.4. The minimum absolute atomic E-state index is 0.157. The molecule has 1 aromatic heterocycles. The van der Waals surface area contributed by atoms with Crippen LogP contribution in [0.5, 0.6) is 0 Å². The number of hydrogen-bond donors (Lipinski definition) is 1. The average molecular weight is 281 g/mol. The molecule has 0 saturated heterocycles. The van der Waals surface area contributed by atoms with Gasteiger partial charge in [-0.3, -0.25) is 9.78 Å². The zero-order chi connectivity index (χ0) is 14.7. The summed E-state index contributed by atoms with van der Waals surface area (Å²) < 4.78 is 0. The van der Waals surface area contributed by atoms with Crippen LogP contribution in [-0.4, -0.2) is 29.4 Å². The molecule has 4 heteroatoms. The Balaban J connectivity index is 1.62. The van der Waals surface area contributed by atoms with Gasteiger partial charge in [-0.2, -0.15) is 0 Å². The molecule has 1 atom stereocenters. The highest BCUT2D eigenvalue weighted by molar-refractivity contribution is 5.78. The van der Waals surface area contributed by atoms with E-state index in [2.05, 4.69) is 22.4 Å². The highest BCUT2D eigenvalue weighted by atomic mass is 16.2. The molecule has 1 unspecified atom stereocenters. The van der Waals surface area contributed by atoms with Gasteiger partial charge in [0, 0.05) is 37.8 Å². The Morgan fingerprint density at radius 3 is 2.90 bits per heavy atom. The Hall–Kier alpha value is -2.36. The summed E-state index contributed by atoms with van der Waals surface area (Å²) in [5, 5.41) is 3.36. The first-order chi connectivity index (χ1) is 10.2. The molecule has 1 aromatic carbocycles. The van der Waals surface area contributed by atoms with Gasteiger partial charge in [0.1, 0.15) is 0 Å². The number of carbonyl (C=O) groups is 1. The third-order valence-corrected chi connectivity index (χ3v) is 3.91. The quantitative estimate of drug-likeness (QED) is 0.937. The minimum atomic E-state index is 0.157. The van der Waals surface area contributed by atoms with Crippen LogP contribution in [0, 0.1) is 0 Å². The highest BCUT2D eigenvalue weighted by Gasteiger charge is 2.25. The molecular weight excluding hydrogens is 262 g/mol. The second-order valence-electron chi connectivity index (χ2n) is 5.44. The van der Waals surface area contributed by atoms with Crippen molar-refractivity contribution in [3.8, 4) is 0 Å². The van der Waals surface area contributed by atoms with Crippen LogP contribution in [0.1, 0.15) is 23.6 Å². The monoisotopic (exact) mass is 281 g/mol. The lowest BCUT2D eigenvalue weighted by atomic mass is 9.97. The first kappa shape index (κ1) is 13.6. The van der Waals surface area contributed by atoms with Crippen molar-refractivity contribution in [1.82, 2.24) is 9.88 Å². The molecule has 0 bridgehead atoms. The number of carbonyl (C=O) groups excluding carboxylic acids is 1. The number of nitrogens with one attached hydrogen (secondary N) is 1. The number of amides is 1. The van der Waals surface area contributed by atoms with Crippen molar-refractivity contribution >= 4 is 11.6 Å². The molecule has 1 amide bonds. The van der Waals surface area contributed by atoms with E-state index in [0.717, 1.165) is 17.9 Å². The molecule has 4 nitrogen and oxygen atoms in total. The van der Waals surface area contributed by atoms with Crippen LogP contribution in [0.15, 0.2) is 48.7 Å². The first-order valence-corrected chi connectivity index (χ1v) is 7.20. The molecule has 21 heavy (non-hydrogen) atoms. The van der Waals surface area contributed by atoms with E-state index in [9.17, 15) is 4.79 Å². The average Bonchev–Trinajstić information content (AvgIpc) is 2.91. The highest BCUT2D eigenvalue weighted by Crippen LogP contribution is 2.33. The van der Waals surface area contributed by atoms with Crippen molar-refractivity contribution in [2.45, 2.75) is 18.9 Å². The molecule has 0 radical (unpaired) electrons. The van der Waals surface area contributed by atoms with E-state index in [1.165, 1.54) is 5.56 Å². The van der Waals surface area contributed by atoms with Crippen molar-refractivity contribution < 1.29 is 4.79 Å². The summed E-state index contributed by atoms with van der Waals surface area (Å²) in [4.78, 5) is 18.4. The topological polar surface area (TPSA) is 45.2 Å². The molecule has 0 spiro atoms. The molecular formula is C17H19N3O. The Kier molecular flexibility index (Phi) is 3.86. The number of fused-ring (bicyclic) bond motifs is 1. The normalized spacial score (nSPS) is 16.1. The van der Waals surface area contributed by atoms with Crippen molar-refractivity contribution in [3.63, 3.8) is 0 Å². The number of para-hydroxylation sites is 1. The molecule has 0 saturated carbocycles. The molecule has 3 rings (SSSR count). The van der Waals surface area contributed by atoms with Crippen LogP contribution in [0.3, 0.4) is 0 Å². The third kappa shape index (κ3) is 3.05.